The second-order valence-electron chi connectivity index (χ2n) is 14.0. The summed E-state index contributed by atoms with van der Waals surface area (Å²) in [4.78, 5) is 20.1. The van der Waals surface area contributed by atoms with Gasteiger partial charge in [-0.3, -0.25) is 18.7 Å². The summed E-state index contributed by atoms with van der Waals surface area (Å²) < 4.78 is 6.84. The second kappa shape index (κ2) is 13.4. The van der Waals surface area contributed by atoms with Gasteiger partial charge in [0.25, 0.3) is 0 Å². The van der Waals surface area contributed by atoms with Gasteiger partial charge < -0.3 is 0 Å². The first-order valence-corrected chi connectivity index (χ1v) is 19.0. The van der Waals surface area contributed by atoms with Gasteiger partial charge in [0.2, 0.25) is 0 Å². The predicted molar refractivity (Wildman–Crippen MR) is 230 cm³/mol. The molecule has 0 amide bonds. The molecule has 0 unspecified atom stereocenters. The van der Waals surface area contributed by atoms with Crippen LogP contribution in [-0.4, -0.2) is 33.6 Å². The lowest BCUT2D eigenvalue weighted by molar-refractivity contribution is 1.06. The summed E-state index contributed by atoms with van der Waals surface area (Å²) in [6.07, 6.45) is 3.67. The second-order valence-corrected chi connectivity index (χ2v) is 14.0. The van der Waals surface area contributed by atoms with Crippen LogP contribution in [0.4, 0.5) is 0 Å². The first kappa shape index (κ1) is 32.5. The van der Waals surface area contributed by atoms with Crippen molar-refractivity contribution in [1.82, 2.24) is 33.6 Å². The van der Waals surface area contributed by atoms with Gasteiger partial charge >= 0.3 is 0 Å². The van der Waals surface area contributed by atoms with E-state index in [0.29, 0.717) is 0 Å². The number of nitrogens with zero attached hydrogens (tertiary/aromatic N) is 7. The molecule has 0 aliphatic rings. The Morgan fingerprint density at radius 1 is 0.333 bits per heavy atom. The van der Waals surface area contributed by atoms with Gasteiger partial charge in [0, 0.05) is 34.6 Å². The summed E-state index contributed by atoms with van der Waals surface area (Å²) in [6.45, 7) is 0. The Morgan fingerprint density at radius 3 is 1.30 bits per heavy atom. The van der Waals surface area contributed by atoms with Crippen molar-refractivity contribution in [3.05, 3.63) is 200 Å². The maximum Gasteiger partial charge on any atom is 0.147 e. The number of hydrogen-bond acceptors (Lipinski definition) is 4. The zero-order chi connectivity index (χ0) is 37.7. The quantitative estimate of drug-likeness (QED) is 0.164. The van der Waals surface area contributed by atoms with E-state index in [1.165, 1.54) is 0 Å². The van der Waals surface area contributed by atoms with Crippen LogP contribution in [0.2, 0.25) is 0 Å². The predicted octanol–water partition coefficient (Wildman–Crippen LogP) is 11.8. The number of imidazole rings is 3. The largest absolute Gasteiger partial charge is 0.292 e. The molecule has 0 bridgehead atoms. The molecule has 0 atom stereocenters. The number of pyridine rings is 1. The van der Waals surface area contributed by atoms with Crippen LogP contribution >= 0.6 is 0 Å². The Labute approximate surface area is 328 Å². The molecule has 0 saturated heterocycles. The Hall–Kier alpha value is -7.90. The molecule has 0 N–H and O–H groups in total. The zero-order valence-electron chi connectivity index (χ0n) is 30.7. The standard InChI is InChI=1S/C50H33N7/c1-3-16-34(17-4-1)48-52-41-22-8-12-26-45(41)55(48)38-30-37(31-39(32-38)56-46-27-13-9-23-42(46)53-49(56)35-18-5-2-6-19-35)40-21-7-11-25-44(40)57-47-28-14-10-24-43(47)54-50(57)36-20-15-29-51-33-36/h1-33H. The van der Waals surface area contributed by atoms with Crippen LogP contribution in [0.5, 0.6) is 0 Å². The Balaban J connectivity index is 1.24. The van der Waals surface area contributed by atoms with Crippen molar-refractivity contribution in [3.63, 3.8) is 0 Å². The minimum absolute atomic E-state index is 0.826. The van der Waals surface area contributed by atoms with Gasteiger partial charge in [0.15, 0.2) is 0 Å². The highest BCUT2D eigenvalue weighted by molar-refractivity contribution is 5.90. The summed E-state index contributed by atoms with van der Waals surface area (Å²) >= 11 is 0. The fraction of sp³-hybridized carbons (Fsp3) is 0. The molecular formula is C50H33N7. The van der Waals surface area contributed by atoms with E-state index in [0.717, 1.165) is 95.5 Å². The number of benzene rings is 7. The van der Waals surface area contributed by atoms with Crippen molar-refractivity contribution < 1.29 is 0 Å². The van der Waals surface area contributed by atoms with Gasteiger partial charge in [-0.2, -0.15) is 0 Å². The number of hydrogen-bond donors (Lipinski definition) is 0. The molecule has 4 aromatic heterocycles. The van der Waals surface area contributed by atoms with Crippen molar-refractivity contribution in [2.45, 2.75) is 0 Å². The molecule has 0 spiro atoms. The van der Waals surface area contributed by atoms with Gasteiger partial charge in [-0.25, -0.2) is 15.0 Å². The molecule has 11 rings (SSSR count). The van der Waals surface area contributed by atoms with E-state index in [1.807, 2.05) is 42.6 Å². The van der Waals surface area contributed by atoms with E-state index in [-0.39, 0.29) is 0 Å². The molecule has 7 heteroatoms. The van der Waals surface area contributed by atoms with Crippen LogP contribution < -0.4 is 0 Å². The molecule has 0 radical (unpaired) electrons. The minimum atomic E-state index is 0.826. The third-order valence-electron chi connectivity index (χ3n) is 10.5. The van der Waals surface area contributed by atoms with Gasteiger partial charge in [0.1, 0.15) is 17.5 Å². The van der Waals surface area contributed by atoms with Gasteiger partial charge in [-0.05, 0) is 78.4 Å². The number of rotatable bonds is 7. The molecule has 0 aliphatic carbocycles. The van der Waals surface area contributed by atoms with Crippen LogP contribution in [0, 0.1) is 0 Å². The topological polar surface area (TPSA) is 66.3 Å². The van der Waals surface area contributed by atoms with E-state index in [4.69, 9.17) is 15.0 Å². The minimum Gasteiger partial charge on any atom is -0.292 e. The highest BCUT2D eigenvalue weighted by Crippen LogP contribution is 2.39. The Bertz CT molecular complexity index is 3100. The molecule has 0 fully saturated rings. The van der Waals surface area contributed by atoms with Crippen LogP contribution in [0.3, 0.4) is 0 Å². The highest BCUT2D eigenvalue weighted by atomic mass is 15.1. The first-order chi connectivity index (χ1) is 28.3. The molecule has 0 aliphatic heterocycles. The van der Waals surface area contributed by atoms with Crippen molar-refractivity contribution >= 4 is 33.1 Å². The van der Waals surface area contributed by atoms with Crippen molar-refractivity contribution in [3.8, 4) is 62.4 Å². The SMILES string of the molecule is c1ccc(-c2nc3ccccc3n2-c2cc(-c3ccccc3-n3c(-c4cccnc4)nc4ccccc43)cc(-n3c(-c4ccccc4)nc4ccccc43)c2)cc1. The molecule has 57 heavy (non-hydrogen) atoms. The van der Waals surface area contributed by atoms with E-state index in [1.54, 1.807) is 6.20 Å². The zero-order valence-corrected chi connectivity index (χ0v) is 30.7. The first-order valence-electron chi connectivity index (χ1n) is 19.0. The Kier molecular flexibility index (Phi) is 7.67. The fourth-order valence-electron chi connectivity index (χ4n) is 8.02. The number of aromatic nitrogens is 7. The molecule has 4 heterocycles. The molecular weight excluding hydrogens is 699 g/mol. The van der Waals surface area contributed by atoms with Crippen LogP contribution in [0.15, 0.2) is 200 Å². The van der Waals surface area contributed by atoms with Crippen molar-refractivity contribution in [1.29, 1.82) is 0 Å². The Morgan fingerprint density at radius 2 is 0.772 bits per heavy atom. The molecule has 0 saturated carbocycles. The van der Waals surface area contributed by atoms with E-state index in [9.17, 15) is 0 Å². The molecule has 7 aromatic carbocycles. The van der Waals surface area contributed by atoms with Crippen LogP contribution in [-0.2, 0) is 0 Å². The fourth-order valence-corrected chi connectivity index (χ4v) is 8.02. The lowest BCUT2D eigenvalue weighted by Crippen LogP contribution is -2.04. The average Bonchev–Trinajstić information content (AvgIpc) is 3.99. The normalized spacial score (nSPS) is 11.5. The summed E-state index contributed by atoms with van der Waals surface area (Å²) in [7, 11) is 0. The maximum absolute atomic E-state index is 5.23. The van der Waals surface area contributed by atoms with E-state index < -0.39 is 0 Å². The van der Waals surface area contributed by atoms with E-state index >= 15 is 0 Å². The molecule has 268 valence electrons. The van der Waals surface area contributed by atoms with Crippen molar-refractivity contribution in [2.75, 3.05) is 0 Å². The van der Waals surface area contributed by atoms with Crippen molar-refractivity contribution in [2.24, 2.45) is 0 Å². The molecule has 11 aromatic rings. The van der Waals surface area contributed by atoms with Crippen LogP contribution in [0.1, 0.15) is 0 Å². The summed E-state index contributed by atoms with van der Waals surface area (Å²) in [5, 5.41) is 0. The summed E-state index contributed by atoms with van der Waals surface area (Å²) in [6, 6.07) is 65.3. The number of fused-ring (bicyclic) bond motifs is 3. The van der Waals surface area contributed by atoms with Gasteiger partial charge in [0.05, 0.1) is 50.2 Å². The summed E-state index contributed by atoms with van der Waals surface area (Å²) in [5.74, 6) is 2.56. The summed E-state index contributed by atoms with van der Waals surface area (Å²) in [5.41, 5.74) is 13.8. The monoisotopic (exact) mass is 731 g/mol. The maximum atomic E-state index is 5.23. The van der Waals surface area contributed by atoms with Crippen LogP contribution in [0.25, 0.3) is 95.5 Å². The third-order valence-corrected chi connectivity index (χ3v) is 10.5. The number of para-hydroxylation sites is 7. The smallest absolute Gasteiger partial charge is 0.147 e. The lowest BCUT2D eigenvalue weighted by atomic mass is 10.0. The van der Waals surface area contributed by atoms with Gasteiger partial charge in [-0.1, -0.05) is 115 Å². The lowest BCUT2D eigenvalue weighted by Gasteiger charge is -2.19. The van der Waals surface area contributed by atoms with E-state index in [2.05, 4.69) is 170 Å². The molecule has 7 nitrogen and oxygen atoms in total. The average molecular weight is 732 g/mol. The third kappa shape index (κ3) is 5.52. The van der Waals surface area contributed by atoms with Gasteiger partial charge in [-0.15, -0.1) is 0 Å². The highest BCUT2D eigenvalue weighted by Gasteiger charge is 2.22.